The van der Waals surface area contributed by atoms with Crippen LogP contribution in [0.2, 0.25) is 0 Å². The smallest absolute Gasteiger partial charge is 0.279 e. The molecule has 0 saturated heterocycles. The molecule has 0 saturated carbocycles. The Bertz CT molecular complexity index is 1240. The summed E-state index contributed by atoms with van der Waals surface area (Å²) >= 11 is 0. The molecule has 3 aromatic carbocycles. The van der Waals surface area contributed by atoms with Gasteiger partial charge in [0.15, 0.2) is 6.10 Å². The second-order valence-corrected chi connectivity index (χ2v) is 9.08. The maximum atomic E-state index is 12.5. The largest absolute Gasteiger partial charge is 0.481 e. The van der Waals surface area contributed by atoms with Crippen LogP contribution in [0, 0.1) is 13.8 Å². The van der Waals surface area contributed by atoms with Crippen LogP contribution in [0.1, 0.15) is 28.4 Å². The van der Waals surface area contributed by atoms with E-state index in [0.717, 1.165) is 11.1 Å². The molecule has 0 bridgehead atoms. The van der Waals surface area contributed by atoms with E-state index in [1.54, 1.807) is 43.3 Å². The minimum Gasteiger partial charge on any atom is -0.481 e. The van der Waals surface area contributed by atoms with Crippen LogP contribution in [-0.4, -0.2) is 26.3 Å². The van der Waals surface area contributed by atoms with E-state index in [2.05, 4.69) is 15.6 Å². The number of benzene rings is 3. The number of hydrogen-bond acceptors (Lipinski definition) is 5. The van der Waals surface area contributed by atoms with Crippen LogP contribution >= 0.6 is 0 Å². The van der Waals surface area contributed by atoms with Crippen molar-refractivity contribution >= 4 is 27.5 Å². The van der Waals surface area contributed by atoms with E-state index in [-0.39, 0.29) is 10.5 Å². The van der Waals surface area contributed by atoms with Crippen molar-refractivity contribution in [1.29, 1.82) is 0 Å². The zero-order valence-corrected chi connectivity index (χ0v) is 19.3. The monoisotopic (exact) mass is 467 g/mol. The third kappa shape index (κ3) is 6.11. The molecule has 1 unspecified atom stereocenters. The van der Waals surface area contributed by atoms with Gasteiger partial charge in [-0.3, -0.25) is 25.2 Å². The first-order chi connectivity index (χ1) is 15.7. The van der Waals surface area contributed by atoms with E-state index in [9.17, 15) is 18.0 Å². The zero-order chi connectivity index (χ0) is 24.0. The summed E-state index contributed by atoms with van der Waals surface area (Å²) in [6, 6.07) is 19.4. The Hall–Kier alpha value is -3.85. The fourth-order valence-corrected chi connectivity index (χ4v) is 3.95. The molecule has 9 heteroatoms. The molecule has 1 atom stereocenters. The van der Waals surface area contributed by atoms with Crippen molar-refractivity contribution in [2.24, 2.45) is 0 Å². The van der Waals surface area contributed by atoms with Crippen molar-refractivity contribution < 1.29 is 22.7 Å². The van der Waals surface area contributed by atoms with Gasteiger partial charge in [-0.2, -0.15) is 0 Å². The van der Waals surface area contributed by atoms with Gasteiger partial charge in [0, 0.05) is 11.3 Å². The Morgan fingerprint density at radius 3 is 2.18 bits per heavy atom. The molecule has 0 aliphatic heterocycles. The van der Waals surface area contributed by atoms with Gasteiger partial charge >= 0.3 is 0 Å². The lowest BCUT2D eigenvalue weighted by Gasteiger charge is -2.17. The van der Waals surface area contributed by atoms with E-state index in [0.29, 0.717) is 11.4 Å². The summed E-state index contributed by atoms with van der Waals surface area (Å²) in [6.45, 7) is 5.42. The quantitative estimate of drug-likeness (QED) is 0.461. The lowest BCUT2D eigenvalue weighted by Crippen LogP contribution is -2.47. The van der Waals surface area contributed by atoms with Gasteiger partial charge in [-0.1, -0.05) is 30.3 Å². The highest BCUT2D eigenvalue weighted by molar-refractivity contribution is 7.92. The summed E-state index contributed by atoms with van der Waals surface area (Å²) in [5.74, 6) is -0.539. The molecule has 0 aliphatic rings. The summed E-state index contributed by atoms with van der Waals surface area (Å²) in [6.07, 6.45) is -0.845. The highest BCUT2D eigenvalue weighted by atomic mass is 32.2. The van der Waals surface area contributed by atoms with Gasteiger partial charge < -0.3 is 4.74 Å². The summed E-state index contributed by atoms with van der Waals surface area (Å²) in [5.41, 5.74) is 7.20. The van der Waals surface area contributed by atoms with E-state index in [1.807, 2.05) is 26.0 Å². The average molecular weight is 468 g/mol. The van der Waals surface area contributed by atoms with Crippen molar-refractivity contribution in [1.82, 2.24) is 10.9 Å². The Morgan fingerprint density at radius 1 is 0.848 bits per heavy atom. The SMILES string of the molecule is Cc1cccc(OC(C)C(=O)NNC(=O)c2ccc(S(=O)(=O)Nc3ccccc3)cc2)c1C. The fourth-order valence-electron chi connectivity index (χ4n) is 2.89. The van der Waals surface area contributed by atoms with Crippen LogP contribution in [0.4, 0.5) is 5.69 Å². The number of rotatable bonds is 7. The van der Waals surface area contributed by atoms with Gasteiger partial charge in [-0.15, -0.1) is 0 Å². The molecular weight excluding hydrogens is 442 g/mol. The van der Waals surface area contributed by atoms with E-state index >= 15 is 0 Å². The number of nitrogens with one attached hydrogen (secondary N) is 3. The van der Waals surface area contributed by atoms with Gasteiger partial charge in [-0.25, -0.2) is 8.42 Å². The summed E-state index contributed by atoms with van der Waals surface area (Å²) in [7, 11) is -3.80. The molecule has 8 nitrogen and oxygen atoms in total. The van der Waals surface area contributed by atoms with Gasteiger partial charge in [-0.05, 0) is 74.4 Å². The van der Waals surface area contributed by atoms with Crippen molar-refractivity contribution in [3.8, 4) is 5.75 Å². The van der Waals surface area contributed by atoms with Crippen LogP contribution < -0.4 is 20.3 Å². The molecule has 0 heterocycles. The molecule has 0 aliphatic carbocycles. The Kier molecular flexibility index (Phi) is 7.34. The Labute approximate surface area is 193 Å². The molecule has 172 valence electrons. The molecule has 0 radical (unpaired) electrons. The molecule has 3 aromatic rings. The number of sulfonamides is 1. The topological polar surface area (TPSA) is 114 Å². The summed E-state index contributed by atoms with van der Waals surface area (Å²) < 4.78 is 33.1. The summed E-state index contributed by atoms with van der Waals surface area (Å²) in [5, 5.41) is 0. The molecule has 0 spiro atoms. The van der Waals surface area contributed by atoms with E-state index < -0.39 is 27.9 Å². The lowest BCUT2D eigenvalue weighted by atomic mass is 10.1. The average Bonchev–Trinajstić information content (AvgIpc) is 2.80. The first kappa shape index (κ1) is 23.8. The normalized spacial score (nSPS) is 11.8. The standard InChI is InChI=1S/C24H25N3O5S/c1-16-8-7-11-22(17(16)2)32-18(3)23(28)25-26-24(29)19-12-14-21(15-13-19)33(30,31)27-20-9-5-4-6-10-20/h4-15,18,27H,1-3H3,(H,25,28)(H,26,29). The van der Waals surface area contributed by atoms with E-state index in [4.69, 9.17) is 4.74 Å². The van der Waals surface area contributed by atoms with Crippen molar-refractivity contribution in [2.75, 3.05) is 4.72 Å². The molecule has 3 rings (SSSR count). The first-order valence-electron chi connectivity index (χ1n) is 10.2. The van der Waals surface area contributed by atoms with Crippen LogP contribution in [-0.2, 0) is 14.8 Å². The van der Waals surface area contributed by atoms with Gasteiger partial charge in [0.2, 0.25) is 0 Å². The molecule has 2 amide bonds. The number of carbonyl (C=O) groups excluding carboxylic acids is 2. The summed E-state index contributed by atoms with van der Waals surface area (Å²) in [4.78, 5) is 24.7. The maximum Gasteiger partial charge on any atom is 0.279 e. The minimum absolute atomic E-state index is 0.00230. The molecule has 33 heavy (non-hydrogen) atoms. The highest BCUT2D eigenvalue weighted by Crippen LogP contribution is 2.21. The predicted octanol–water partition coefficient (Wildman–Crippen LogP) is 3.33. The number of hydrogen-bond donors (Lipinski definition) is 3. The first-order valence-corrected chi connectivity index (χ1v) is 11.7. The molecule has 0 aromatic heterocycles. The second-order valence-electron chi connectivity index (χ2n) is 7.40. The Balaban J connectivity index is 1.57. The number of hydrazine groups is 1. The number of amides is 2. The minimum atomic E-state index is -3.80. The van der Waals surface area contributed by atoms with Gasteiger partial charge in [0.1, 0.15) is 5.75 Å². The number of anilines is 1. The van der Waals surface area contributed by atoms with E-state index in [1.165, 1.54) is 24.3 Å². The number of para-hydroxylation sites is 1. The van der Waals surface area contributed by atoms with Crippen LogP contribution in [0.25, 0.3) is 0 Å². The highest BCUT2D eigenvalue weighted by Gasteiger charge is 2.18. The van der Waals surface area contributed by atoms with Crippen LogP contribution in [0.5, 0.6) is 5.75 Å². The maximum absolute atomic E-state index is 12.5. The van der Waals surface area contributed by atoms with Crippen LogP contribution in [0.15, 0.2) is 77.7 Å². The molecule has 3 N–H and O–H groups in total. The van der Waals surface area contributed by atoms with Crippen molar-refractivity contribution in [2.45, 2.75) is 31.8 Å². The molecular formula is C24H25N3O5S. The number of carbonyl (C=O) groups is 2. The van der Waals surface area contributed by atoms with Gasteiger partial charge in [0.05, 0.1) is 4.90 Å². The van der Waals surface area contributed by atoms with Crippen LogP contribution in [0.3, 0.4) is 0 Å². The van der Waals surface area contributed by atoms with Crippen molar-refractivity contribution in [3.05, 3.63) is 89.5 Å². The van der Waals surface area contributed by atoms with Crippen molar-refractivity contribution in [3.63, 3.8) is 0 Å². The Morgan fingerprint density at radius 2 is 1.52 bits per heavy atom. The third-order valence-corrected chi connectivity index (χ3v) is 6.38. The third-order valence-electron chi connectivity index (χ3n) is 4.98. The predicted molar refractivity (Wildman–Crippen MR) is 125 cm³/mol. The fraction of sp³-hybridized carbons (Fsp3) is 0.167. The number of ether oxygens (including phenoxy) is 1. The zero-order valence-electron chi connectivity index (χ0n) is 18.5. The number of aryl methyl sites for hydroxylation is 1. The second kappa shape index (κ2) is 10.2. The molecule has 0 fully saturated rings. The lowest BCUT2D eigenvalue weighted by molar-refractivity contribution is -0.128. The van der Waals surface area contributed by atoms with Gasteiger partial charge in [0.25, 0.3) is 21.8 Å².